The van der Waals surface area contributed by atoms with Gasteiger partial charge >= 0.3 is 7.60 Å². The quantitative estimate of drug-likeness (QED) is 0.333. The summed E-state index contributed by atoms with van der Waals surface area (Å²) in [5, 5.41) is 9.33. The van der Waals surface area contributed by atoms with Gasteiger partial charge in [0.2, 0.25) is 0 Å². The van der Waals surface area contributed by atoms with Gasteiger partial charge in [0.15, 0.2) is 0 Å². The van der Waals surface area contributed by atoms with E-state index in [1.165, 1.54) is 6.07 Å². The Morgan fingerprint density at radius 3 is 2.65 bits per heavy atom. The number of halogens is 2. The third-order valence-electron chi connectivity index (χ3n) is 3.84. The average Bonchev–Trinajstić information content (AvgIpc) is 3.15. The largest absolute Gasteiger partial charge is 0.492 e. The zero-order valence-corrected chi connectivity index (χ0v) is 18.9. The van der Waals surface area contributed by atoms with Crippen molar-refractivity contribution in [1.29, 1.82) is 5.26 Å². The fourth-order valence-electron chi connectivity index (χ4n) is 2.45. The van der Waals surface area contributed by atoms with Crippen LogP contribution in [-0.2, 0) is 14.6 Å². The molecule has 3 rings (SSSR count). The van der Waals surface area contributed by atoms with Gasteiger partial charge in [-0.15, -0.1) is 22.9 Å². The number of sulfonamides is 1. The van der Waals surface area contributed by atoms with Crippen molar-refractivity contribution in [3.05, 3.63) is 53.8 Å². The molecule has 0 amide bonds. The van der Waals surface area contributed by atoms with E-state index in [1.807, 2.05) is 4.72 Å². The van der Waals surface area contributed by atoms with E-state index >= 15 is 0 Å². The van der Waals surface area contributed by atoms with Crippen molar-refractivity contribution in [3.63, 3.8) is 0 Å². The lowest BCUT2D eigenvalue weighted by atomic mass is 10.2. The smallest absolute Gasteiger partial charge is 0.391 e. The molecular formula is C18H15ClFN2O6PS2. The Morgan fingerprint density at radius 1 is 1.23 bits per heavy atom. The third-order valence-corrected chi connectivity index (χ3v) is 8.25. The zero-order chi connectivity index (χ0) is 22.6. The Labute approximate surface area is 186 Å². The maximum Gasteiger partial charge on any atom is 0.391 e. The number of fused-ring (bicyclic) bond motifs is 1. The molecule has 0 saturated carbocycles. The molecule has 0 aliphatic heterocycles. The van der Waals surface area contributed by atoms with Crippen LogP contribution in [0.3, 0.4) is 0 Å². The molecule has 0 saturated heterocycles. The summed E-state index contributed by atoms with van der Waals surface area (Å²) < 4.78 is 63.9. The lowest BCUT2D eigenvalue weighted by Gasteiger charge is -2.14. The number of nitriles is 1. The molecule has 0 radical (unpaired) electrons. The van der Waals surface area contributed by atoms with Gasteiger partial charge < -0.3 is 14.2 Å². The number of thiophene rings is 1. The predicted octanol–water partition coefficient (Wildman–Crippen LogP) is 4.03. The average molecular weight is 505 g/mol. The summed E-state index contributed by atoms with van der Waals surface area (Å²) in [5.41, 5.74) is -0.262. The van der Waals surface area contributed by atoms with E-state index in [4.69, 9.17) is 26.1 Å². The molecule has 0 bridgehead atoms. The monoisotopic (exact) mass is 504 g/mol. The molecule has 0 aliphatic rings. The van der Waals surface area contributed by atoms with E-state index in [2.05, 4.69) is 0 Å². The van der Waals surface area contributed by atoms with Gasteiger partial charge in [-0.25, -0.2) is 17.4 Å². The topological polar surface area (TPSA) is 126 Å². The van der Waals surface area contributed by atoms with Crippen LogP contribution >= 0.6 is 30.5 Å². The van der Waals surface area contributed by atoms with Crippen LogP contribution in [0.2, 0.25) is 0 Å². The molecule has 1 atom stereocenters. The van der Waals surface area contributed by atoms with E-state index in [9.17, 15) is 22.3 Å². The van der Waals surface area contributed by atoms with Crippen LogP contribution in [-0.4, -0.2) is 32.1 Å². The SMILES string of the molecule is N#Cc1ccc(OP(=O)(O)CNS(=O)(=O)c2cc3cc(OCCCl)ccc3s2)cc1F. The summed E-state index contributed by atoms with van der Waals surface area (Å²) in [6.45, 7) is 0.304. The molecule has 2 aromatic carbocycles. The highest BCUT2D eigenvalue weighted by Crippen LogP contribution is 2.42. The summed E-state index contributed by atoms with van der Waals surface area (Å²) in [7, 11) is -8.62. The Hall–Kier alpha value is -2.19. The molecule has 8 nitrogen and oxygen atoms in total. The highest BCUT2D eigenvalue weighted by Gasteiger charge is 2.27. The lowest BCUT2D eigenvalue weighted by molar-refractivity contribution is 0.343. The normalized spacial score (nSPS) is 13.5. The zero-order valence-electron chi connectivity index (χ0n) is 15.6. The molecule has 2 N–H and O–H groups in total. The molecule has 164 valence electrons. The van der Waals surface area contributed by atoms with Gasteiger partial charge in [-0.1, -0.05) is 0 Å². The third kappa shape index (κ3) is 5.95. The molecule has 3 aromatic rings. The van der Waals surface area contributed by atoms with Crippen LogP contribution in [0.25, 0.3) is 10.1 Å². The molecule has 13 heteroatoms. The highest BCUT2D eigenvalue weighted by molar-refractivity contribution is 7.92. The van der Waals surface area contributed by atoms with Gasteiger partial charge in [-0.2, -0.15) is 9.98 Å². The number of alkyl halides is 1. The van der Waals surface area contributed by atoms with Crippen molar-refractivity contribution >= 4 is 50.6 Å². The van der Waals surface area contributed by atoms with Crippen LogP contribution in [0.15, 0.2) is 46.7 Å². The minimum atomic E-state index is -4.50. The van der Waals surface area contributed by atoms with E-state index in [-0.39, 0.29) is 15.5 Å². The first-order valence-electron chi connectivity index (χ1n) is 8.56. The first-order chi connectivity index (χ1) is 14.6. The molecule has 1 heterocycles. The summed E-state index contributed by atoms with van der Waals surface area (Å²) in [6.07, 6.45) is -0.935. The van der Waals surface area contributed by atoms with Crippen LogP contribution in [0.1, 0.15) is 5.56 Å². The molecule has 0 spiro atoms. The highest BCUT2D eigenvalue weighted by atomic mass is 35.5. The van der Waals surface area contributed by atoms with E-state index < -0.39 is 29.7 Å². The Kier molecular flexibility index (Phi) is 7.21. The van der Waals surface area contributed by atoms with Crippen molar-refractivity contribution < 1.29 is 31.5 Å². The lowest BCUT2D eigenvalue weighted by Crippen LogP contribution is -2.25. The number of nitrogens with one attached hydrogen (secondary N) is 1. The Morgan fingerprint density at radius 2 is 1.97 bits per heavy atom. The van der Waals surface area contributed by atoms with E-state index in [1.54, 1.807) is 24.3 Å². The number of benzene rings is 2. The van der Waals surface area contributed by atoms with Crippen LogP contribution < -0.4 is 14.0 Å². The van der Waals surface area contributed by atoms with Crippen molar-refractivity contribution in [1.82, 2.24) is 4.72 Å². The molecule has 31 heavy (non-hydrogen) atoms. The Bertz CT molecular complexity index is 1310. The fraction of sp³-hybridized carbons (Fsp3) is 0.167. The molecule has 1 aromatic heterocycles. The summed E-state index contributed by atoms with van der Waals surface area (Å²) >= 11 is 6.56. The van der Waals surface area contributed by atoms with Gasteiger partial charge in [0, 0.05) is 10.8 Å². The molecule has 0 aliphatic carbocycles. The van der Waals surface area contributed by atoms with Gasteiger partial charge in [0.25, 0.3) is 10.0 Å². The van der Waals surface area contributed by atoms with Crippen LogP contribution in [0, 0.1) is 17.1 Å². The standard InChI is InChI=1S/C18H15ClFN2O6PS2/c19-5-6-27-14-3-4-17-13(7-14)8-18(30-17)31(25,26)22-11-29(23,24)28-15-2-1-12(10-21)16(20)9-15/h1-4,7-9,22H,5-6,11H2,(H,23,24). The second-order valence-corrected chi connectivity index (χ2v) is 11.3. The van der Waals surface area contributed by atoms with Gasteiger partial charge in [0.1, 0.15) is 40.5 Å². The first-order valence-corrected chi connectivity index (χ1v) is 13.2. The number of nitrogens with zero attached hydrogens (tertiary/aromatic N) is 1. The minimum absolute atomic E-state index is 0.0681. The molecule has 1 unspecified atom stereocenters. The van der Waals surface area contributed by atoms with Crippen molar-refractivity contribution in [2.45, 2.75) is 4.21 Å². The number of ether oxygens (including phenoxy) is 1. The van der Waals surface area contributed by atoms with Crippen LogP contribution in [0.5, 0.6) is 11.5 Å². The number of hydrogen-bond acceptors (Lipinski definition) is 7. The van der Waals surface area contributed by atoms with E-state index in [0.29, 0.717) is 28.3 Å². The summed E-state index contributed by atoms with van der Waals surface area (Å²) in [4.78, 5) is 9.95. The van der Waals surface area contributed by atoms with E-state index in [0.717, 1.165) is 29.5 Å². The van der Waals surface area contributed by atoms with Gasteiger partial charge in [-0.3, -0.25) is 0 Å². The number of rotatable bonds is 9. The predicted molar refractivity (Wildman–Crippen MR) is 115 cm³/mol. The van der Waals surface area contributed by atoms with Crippen molar-refractivity contribution in [3.8, 4) is 17.6 Å². The summed E-state index contributed by atoms with van der Waals surface area (Å²) in [6, 6.07) is 11.0. The van der Waals surface area contributed by atoms with Gasteiger partial charge in [-0.05, 0) is 41.8 Å². The fourth-order valence-corrected chi connectivity index (χ4v) is 6.45. The second kappa shape index (κ2) is 9.53. The minimum Gasteiger partial charge on any atom is -0.492 e. The van der Waals surface area contributed by atoms with Crippen molar-refractivity contribution in [2.75, 3.05) is 18.8 Å². The molecule has 0 fully saturated rings. The first kappa shape index (κ1) is 23.5. The maximum absolute atomic E-state index is 13.6. The maximum atomic E-state index is 13.6. The van der Waals surface area contributed by atoms with Gasteiger partial charge in [0.05, 0.1) is 11.4 Å². The second-order valence-electron chi connectivity index (χ2n) is 6.09. The number of hydrogen-bond donors (Lipinski definition) is 2. The molecular weight excluding hydrogens is 490 g/mol. The van der Waals surface area contributed by atoms with Crippen molar-refractivity contribution in [2.24, 2.45) is 0 Å². The summed E-state index contributed by atoms with van der Waals surface area (Å²) in [5.74, 6) is -0.400. The van der Waals surface area contributed by atoms with Crippen LogP contribution in [0.4, 0.5) is 4.39 Å². The Balaban J connectivity index is 1.72.